The summed E-state index contributed by atoms with van der Waals surface area (Å²) in [6.07, 6.45) is 0. The Bertz CT molecular complexity index is 688. The first kappa shape index (κ1) is 15.6. The lowest BCUT2D eigenvalue weighted by Crippen LogP contribution is -2.14. The van der Waals surface area contributed by atoms with Crippen LogP contribution >= 0.6 is 0 Å². The molecule has 7 heteroatoms. The number of hydrogen-bond acceptors (Lipinski definition) is 6. The fourth-order valence-corrected chi connectivity index (χ4v) is 1.95. The first-order valence-electron chi connectivity index (χ1n) is 6.57. The maximum absolute atomic E-state index is 10.6. The Kier molecular flexibility index (Phi) is 4.77. The first-order chi connectivity index (χ1) is 10.5. The van der Waals surface area contributed by atoms with Crippen molar-refractivity contribution in [2.24, 2.45) is 0 Å². The molecule has 1 aromatic carbocycles. The summed E-state index contributed by atoms with van der Waals surface area (Å²) in [4.78, 5) is 19.1. The van der Waals surface area contributed by atoms with Crippen molar-refractivity contribution in [3.05, 3.63) is 30.0 Å². The number of nitrogens with zero attached hydrogens (tertiary/aromatic N) is 2. The molecule has 1 aromatic heterocycles. The van der Waals surface area contributed by atoms with Crippen LogP contribution in [0.25, 0.3) is 11.3 Å². The molecule has 0 atom stereocenters. The van der Waals surface area contributed by atoms with Crippen molar-refractivity contribution >= 4 is 11.9 Å². The van der Waals surface area contributed by atoms with Gasteiger partial charge in [0.1, 0.15) is 6.54 Å². The Hall–Kier alpha value is -2.83. The summed E-state index contributed by atoms with van der Waals surface area (Å²) in [5, 5.41) is 11.4. The maximum atomic E-state index is 10.6. The summed E-state index contributed by atoms with van der Waals surface area (Å²) in [6.45, 7) is 1.58. The highest BCUT2D eigenvalue weighted by molar-refractivity contribution is 5.72. The summed E-state index contributed by atoms with van der Waals surface area (Å²) < 4.78 is 10.5. The summed E-state index contributed by atoms with van der Waals surface area (Å²) in [5.41, 5.74) is 2.22. The van der Waals surface area contributed by atoms with Crippen LogP contribution in [0, 0.1) is 6.92 Å². The molecule has 2 aromatic rings. The minimum absolute atomic E-state index is 0.241. The van der Waals surface area contributed by atoms with E-state index < -0.39 is 5.97 Å². The Morgan fingerprint density at radius 1 is 1.18 bits per heavy atom. The number of anilines is 1. The van der Waals surface area contributed by atoms with E-state index in [1.807, 2.05) is 25.1 Å². The number of carboxylic acid groups (broad SMARTS) is 1. The van der Waals surface area contributed by atoms with E-state index in [-0.39, 0.29) is 12.5 Å². The number of carboxylic acids is 1. The number of rotatable bonds is 6. The predicted octanol–water partition coefficient (Wildman–Crippen LogP) is 1.97. The van der Waals surface area contributed by atoms with Crippen LogP contribution < -0.4 is 14.8 Å². The van der Waals surface area contributed by atoms with Gasteiger partial charge in [0, 0.05) is 11.3 Å². The second kappa shape index (κ2) is 6.75. The lowest BCUT2D eigenvalue weighted by atomic mass is 10.1. The van der Waals surface area contributed by atoms with Crippen molar-refractivity contribution in [1.29, 1.82) is 0 Å². The molecule has 0 aliphatic carbocycles. The minimum atomic E-state index is -0.974. The van der Waals surface area contributed by atoms with Crippen LogP contribution in [-0.2, 0) is 4.79 Å². The van der Waals surface area contributed by atoms with Crippen molar-refractivity contribution in [2.75, 3.05) is 26.1 Å². The second-order valence-electron chi connectivity index (χ2n) is 4.54. The molecule has 0 bridgehead atoms. The number of nitrogens with one attached hydrogen (secondary N) is 1. The number of methoxy groups -OCH3 is 2. The van der Waals surface area contributed by atoms with Gasteiger partial charge in [0.2, 0.25) is 5.95 Å². The van der Waals surface area contributed by atoms with E-state index in [4.69, 9.17) is 14.6 Å². The van der Waals surface area contributed by atoms with E-state index in [9.17, 15) is 4.79 Å². The van der Waals surface area contributed by atoms with Gasteiger partial charge in [0.25, 0.3) is 0 Å². The monoisotopic (exact) mass is 303 g/mol. The number of hydrogen-bond donors (Lipinski definition) is 2. The SMILES string of the molecule is COc1ccc(-c2cc(C)nc(NCC(=O)O)n2)cc1OC. The molecular weight excluding hydrogens is 286 g/mol. The smallest absolute Gasteiger partial charge is 0.322 e. The Balaban J connectivity index is 2.37. The molecule has 2 N–H and O–H groups in total. The average Bonchev–Trinajstić information content (AvgIpc) is 2.51. The molecular formula is C15H17N3O4. The summed E-state index contributed by atoms with van der Waals surface area (Å²) in [7, 11) is 3.13. The fraction of sp³-hybridized carbons (Fsp3) is 0.267. The Morgan fingerprint density at radius 2 is 1.91 bits per heavy atom. The van der Waals surface area contributed by atoms with Crippen molar-refractivity contribution in [3.8, 4) is 22.8 Å². The zero-order valence-corrected chi connectivity index (χ0v) is 12.6. The quantitative estimate of drug-likeness (QED) is 0.842. The lowest BCUT2D eigenvalue weighted by molar-refractivity contribution is -0.134. The zero-order chi connectivity index (χ0) is 16.1. The van der Waals surface area contributed by atoms with Crippen LogP contribution in [0.3, 0.4) is 0 Å². The number of aromatic nitrogens is 2. The molecule has 7 nitrogen and oxygen atoms in total. The highest BCUT2D eigenvalue weighted by atomic mass is 16.5. The number of aliphatic carboxylic acids is 1. The first-order valence-corrected chi connectivity index (χ1v) is 6.57. The summed E-state index contributed by atoms with van der Waals surface area (Å²) >= 11 is 0. The van der Waals surface area contributed by atoms with Crippen LogP contribution in [0.5, 0.6) is 11.5 Å². The molecule has 0 aliphatic rings. The van der Waals surface area contributed by atoms with Gasteiger partial charge in [0.05, 0.1) is 19.9 Å². The normalized spacial score (nSPS) is 10.1. The molecule has 0 saturated heterocycles. The standard InChI is InChI=1S/C15H17N3O4/c1-9-6-11(18-15(17-9)16-8-14(19)20)10-4-5-12(21-2)13(7-10)22-3/h4-7H,8H2,1-3H3,(H,19,20)(H,16,17,18). The zero-order valence-electron chi connectivity index (χ0n) is 12.6. The molecule has 0 spiro atoms. The highest BCUT2D eigenvalue weighted by Crippen LogP contribution is 2.31. The van der Waals surface area contributed by atoms with Gasteiger partial charge >= 0.3 is 5.97 Å². The van der Waals surface area contributed by atoms with Crippen LogP contribution in [-0.4, -0.2) is 41.8 Å². The van der Waals surface area contributed by atoms with E-state index in [0.29, 0.717) is 17.2 Å². The van der Waals surface area contributed by atoms with Gasteiger partial charge in [-0.3, -0.25) is 4.79 Å². The highest BCUT2D eigenvalue weighted by Gasteiger charge is 2.10. The summed E-state index contributed by atoms with van der Waals surface area (Å²) in [6, 6.07) is 7.26. The molecule has 1 heterocycles. The van der Waals surface area contributed by atoms with Gasteiger partial charge in [0.15, 0.2) is 11.5 Å². The molecule has 0 amide bonds. The van der Waals surface area contributed by atoms with Crippen molar-refractivity contribution in [1.82, 2.24) is 9.97 Å². The fourth-order valence-electron chi connectivity index (χ4n) is 1.95. The molecule has 0 saturated carbocycles. The van der Waals surface area contributed by atoms with E-state index in [1.165, 1.54) is 0 Å². The predicted molar refractivity (Wildman–Crippen MR) is 81.4 cm³/mol. The van der Waals surface area contributed by atoms with Gasteiger partial charge in [-0.05, 0) is 31.2 Å². The van der Waals surface area contributed by atoms with E-state index in [0.717, 1.165) is 11.3 Å². The van der Waals surface area contributed by atoms with Gasteiger partial charge in [-0.15, -0.1) is 0 Å². The van der Waals surface area contributed by atoms with E-state index in [2.05, 4.69) is 15.3 Å². The number of benzene rings is 1. The lowest BCUT2D eigenvalue weighted by Gasteiger charge is -2.10. The van der Waals surface area contributed by atoms with Gasteiger partial charge in [-0.2, -0.15) is 0 Å². The van der Waals surface area contributed by atoms with Crippen LogP contribution in [0.15, 0.2) is 24.3 Å². The van der Waals surface area contributed by atoms with E-state index >= 15 is 0 Å². The molecule has 22 heavy (non-hydrogen) atoms. The topological polar surface area (TPSA) is 93.6 Å². The maximum Gasteiger partial charge on any atom is 0.322 e. The number of ether oxygens (including phenoxy) is 2. The van der Waals surface area contributed by atoms with Crippen molar-refractivity contribution in [3.63, 3.8) is 0 Å². The Labute approximate surface area is 127 Å². The van der Waals surface area contributed by atoms with Gasteiger partial charge < -0.3 is 19.9 Å². The van der Waals surface area contributed by atoms with E-state index in [1.54, 1.807) is 20.3 Å². The third-order valence-electron chi connectivity index (χ3n) is 2.93. The largest absolute Gasteiger partial charge is 0.493 e. The van der Waals surface area contributed by atoms with Gasteiger partial charge in [-0.1, -0.05) is 0 Å². The van der Waals surface area contributed by atoms with Crippen LogP contribution in [0.4, 0.5) is 5.95 Å². The summed E-state index contributed by atoms with van der Waals surface area (Å²) in [5.74, 6) is 0.516. The Morgan fingerprint density at radius 3 is 2.55 bits per heavy atom. The molecule has 0 unspecified atom stereocenters. The third kappa shape index (κ3) is 3.63. The number of aryl methyl sites for hydroxylation is 1. The van der Waals surface area contributed by atoms with Gasteiger partial charge in [-0.25, -0.2) is 9.97 Å². The van der Waals surface area contributed by atoms with Crippen molar-refractivity contribution < 1.29 is 19.4 Å². The molecule has 0 radical (unpaired) electrons. The average molecular weight is 303 g/mol. The van der Waals surface area contributed by atoms with Crippen LogP contribution in [0.2, 0.25) is 0 Å². The number of carbonyl (C=O) groups is 1. The third-order valence-corrected chi connectivity index (χ3v) is 2.93. The van der Waals surface area contributed by atoms with Crippen LogP contribution in [0.1, 0.15) is 5.69 Å². The molecule has 0 aliphatic heterocycles. The molecule has 0 fully saturated rings. The minimum Gasteiger partial charge on any atom is -0.493 e. The molecule has 2 rings (SSSR count). The molecule has 116 valence electrons. The van der Waals surface area contributed by atoms with Crippen molar-refractivity contribution in [2.45, 2.75) is 6.92 Å². The second-order valence-corrected chi connectivity index (χ2v) is 4.54.